The molecule has 5 rings (SSSR count). The van der Waals surface area contributed by atoms with Gasteiger partial charge in [0, 0.05) is 37.5 Å². The van der Waals surface area contributed by atoms with Crippen LogP contribution >= 0.6 is 0 Å². The predicted octanol–water partition coefficient (Wildman–Crippen LogP) is 4.00. The monoisotopic (exact) mass is 426 g/mol. The third kappa shape index (κ3) is 4.32. The van der Waals surface area contributed by atoms with Gasteiger partial charge in [0.1, 0.15) is 5.82 Å². The lowest BCUT2D eigenvalue weighted by atomic mass is 9.99. The SMILES string of the molecule is Cc1ccc(NC(=O)CCc2nnc3ccc(N4CCC(c5ccccc5)C4)nn23)cc1. The number of rotatable bonds is 6. The molecule has 2 aromatic carbocycles. The van der Waals surface area contributed by atoms with Gasteiger partial charge in [-0.3, -0.25) is 4.79 Å². The zero-order chi connectivity index (χ0) is 21.9. The largest absolute Gasteiger partial charge is 0.355 e. The number of aromatic nitrogens is 4. The van der Waals surface area contributed by atoms with Gasteiger partial charge in [-0.05, 0) is 43.2 Å². The molecule has 0 aliphatic carbocycles. The van der Waals surface area contributed by atoms with Crippen LogP contribution in [0.2, 0.25) is 0 Å². The number of hydrogen-bond donors (Lipinski definition) is 1. The molecule has 1 N–H and O–H groups in total. The Hall–Kier alpha value is -3.74. The number of amides is 1. The van der Waals surface area contributed by atoms with Gasteiger partial charge in [-0.15, -0.1) is 15.3 Å². The molecule has 1 unspecified atom stereocenters. The van der Waals surface area contributed by atoms with Crippen molar-refractivity contribution in [2.24, 2.45) is 0 Å². The maximum Gasteiger partial charge on any atom is 0.224 e. The van der Waals surface area contributed by atoms with E-state index in [1.54, 1.807) is 4.52 Å². The Morgan fingerprint density at radius 2 is 1.84 bits per heavy atom. The molecule has 0 radical (unpaired) electrons. The second-order valence-corrected chi connectivity index (χ2v) is 8.33. The Balaban J connectivity index is 1.26. The van der Waals surface area contributed by atoms with E-state index in [0.29, 0.717) is 30.2 Å². The zero-order valence-corrected chi connectivity index (χ0v) is 18.1. The van der Waals surface area contributed by atoms with E-state index in [9.17, 15) is 4.79 Å². The van der Waals surface area contributed by atoms with Crippen molar-refractivity contribution in [3.8, 4) is 0 Å². The summed E-state index contributed by atoms with van der Waals surface area (Å²) in [6.07, 6.45) is 1.90. The van der Waals surface area contributed by atoms with Gasteiger partial charge in [0.15, 0.2) is 11.5 Å². The minimum atomic E-state index is -0.0491. The Bertz CT molecular complexity index is 1220. The van der Waals surface area contributed by atoms with Crippen molar-refractivity contribution in [1.82, 2.24) is 19.8 Å². The number of benzene rings is 2. The second-order valence-electron chi connectivity index (χ2n) is 8.33. The van der Waals surface area contributed by atoms with E-state index in [-0.39, 0.29) is 5.91 Å². The molecule has 2 aromatic heterocycles. The smallest absolute Gasteiger partial charge is 0.224 e. The maximum absolute atomic E-state index is 12.4. The van der Waals surface area contributed by atoms with E-state index in [1.165, 1.54) is 5.56 Å². The Morgan fingerprint density at radius 1 is 1.03 bits per heavy atom. The summed E-state index contributed by atoms with van der Waals surface area (Å²) in [5.74, 6) is 2.08. The Labute approximate surface area is 187 Å². The average Bonchev–Trinajstić information content (AvgIpc) is 3.47. The molecule has 0 spiro atoms. The highest BCUT2D eigenvalue weighted by molar-refractivity contribution is 5.90. The van der Waals surface area contributed by atoms with Gasteiger partial charge in [0.2, 0.25) is 5.91 Å². The van der Waals surface area contributed by atoms with E-state index >= 15 is 0 Å². The third-order valence-electron chi connectivity index (χ3n) is 6.01. The Kier molecular flexibility index (Phi) is 5.54. The highest BCUT2D eigenvalue weighted by atomic mass is 16.1. The summed E-state index contributed by atoms with van der Waals surface area (Å²) in [7, 11) is 0. The minimum Gasteiger partial charge on any atom is -0.355 e. The molecule has 4 aromatic rings. The van der Waals surface area contributed by atoms with Gasteiger partial charge in [0.05, 0.1) is 0 Å². The van der Waals surface area contributed by atoms with Crippen LogP contribution in [0, 0.1) is 6.92 Å². The first-order chi connectivity index (χ1) is 15.7. The topological polar surface area (TPSA) is 75.4 Å². The number of aryl methyl sites for hydroxylation is 2. The molecule has 1 saturated heterocycles. The van der Waals surface area contributed by atoms with Crippen LogP contribution in [0.3, 0.4) is 0 Å². The van der Waals surface area contributed by atoms with Crippen molar-refractivity contribution >= 4 is 23.1 Å². The quantitative estimate of drug-likeness (QED) is 0.504. The van der Waals surface area contributed by atoms with Gasteiger partial charge in [0.25, 0.3) is 0 Å². The first kappa shape index (κ1) is 20.2. The molecule has 162 valence electrons. The van der Waals surface area contributed by atoms with Crippen LogP contribution in [0.5, 0.6) is 0 Å². The van der Waals surface area contributed by atoms with Gasteiger partial charge < -0.3 is 10.2 Å². The van der Waals surface area contributed by atoms with Gasteiger partial charge in [-0.2, -0.15) is 4.52 Å². The first-order valence-corrected chi connectivity index (χ1v) is 11.0. The molecule has 3 heterocycles. The number of anilines is 2. The molecule has 1 amide bonds. The summed E-state index contributed by atoms with van der Waals surface area (Å²) in [5, 5.41) is 16.2. The standard InChI is InChI=1S/C25H26N6O/c1-18-7-9-21(10-8-18)26-25(32)14-13-23-28-27-22-11-12-24(29-31(22)23)30-16-15-20(17-30)19-5-3-2-4-6-19/h2-12,20H,13-17H2,1H3,(H,26,32). The van der Waals surface area contributed by atoms with Crippen LogP contribution in [0.1, 0.15) is 35.7 Å². The molecule has 1 aliphatic rings. The number of carbonyl (C=O) groups excluding carboxylic acids is 1. The summed E-state index contributed by atoms with van der Waals surface area (Å²) in [6.45, 7) is 3.93. The van der Waals surface area contributed by atoms with Crippen LogP contribution in [0.15, 0.2) is 66.7 Å². The molecule has 7 nitrogen and oxygen atoms in total. The molecule has 0 bridgehead atoms. The molecule has 0 saturated carbocycles. The van der Waals surface area contributed by atoms with Gasteiger partial charge in [-0.25, -0.2) is 0 Å². The maximum atomic E-state index is 12.4. The Morgan fingerprint density at radius 3 is 2.66 bits per heavy atom. The summed E-state index contributed by atoms with van der Waals surface area (Å²) < 4.78 is 1.77. The summed E-state index contributed by atoms with van der Waals surface area (Å²) in [4.78, 5) is 14.7. The van der Waals surface area contributed by atoms with Crippen LogP contribution < -0.4 is 10.2 Å². The molecular formula is C25H26N6O. The number of nitrogens with zero attached hydrogens (tertiary/aromatic N) is 5. The van der Waals surface area contributed by atoms with Crippen LogP contribution in [0.4, 0.5) is 11.5 Å². The van der Waals surface area contributed by atoms with E-state index in [4.69, 9.17) is 5.10 Å². The molecule has 7 heteroatoms. The molecule has 1 aliphatic heterocycles. The van der Waals surface area contributed by atoms with Crippen LogP contribution in [-0.2, 0) is 11.2 Å². The van der Waals surface area contributed by atoms with E-state index < -0.39 is 0 Å². The van der Waals surface area contributed by atoms with Crippen LogP contribution in [0.25, 0.3) is 5.65 Å². The van der Waals surface area contributed by atoms with Crippen molar-refractivity contribution in [3.05, 3.63) is 83.7 Å². The predicted molar refractivity (Wildman–Crippen MR) is 125 cm³/mol. The number of carbonyl (C=O) groups is 1. The van der Waals surface area contributed by atoms with Crippen molar-refractivity contribution < 1.29 is 4.79 Å². The lowest BCUT2D eigenvalue weighted by Gasteiger charge is -2.17. The fourth-order valence-electron chi connectivity index (χ4n) is 4.20. The van der Waals surface area contributed by atoms with Crippen molar-refractivity contribution in [1.29, 1.82) is 0 Å². The number of hydrogen-bond acceptors (Lipinski definition) is 5. The van der Waals surface area contributed by atoms with Crippen molar-refractivity contribution in [2.75, 3.05) is 23.3 Å². The second kappa shape index (κ2) is 8.78. The highest BCUT2D eigenvalue weighted by Gasteiger charge is 2.25. The highest BCUT2D eigenvalue weighted by Crippen LogP contribution is 2.29. The van der Waals surface area contributed by atoms with E-state index in [0.717, 1.165) is 36.6 Å². The summed E-state index contributed by atoms with van der Waals surface area (Å²) >= 11 is 0. The lowest BCUT2D eigenvalue weighted by Crippen LogP contribution is -2.21. The van der Waals surface area contributed by atoms with Gasteiger partial charge >= 0.3 is 0 Å². The number of nitrogens with one attached hydrogen (secondary N) is 1. The first-order valence-electron chi connectivity index (χ1n) is 11.0. The van der Waals surface area contributed by atoms with Crippen molar-refractivity contribution in [2.45, 2.75) is 32.1 Å². The molecule has 1 atom stereocenters. The average molecular weight is 427 g/mol. The fraction of sp³-hybridized carbons (Fsp3) is 0.280. The lowest BCUT2D eigenvalue weighted by molar-refractivity contribution is -0.116. The molecular weight excluding hydrogens is 400 g/mol. The minimum absolute atomic E-state index is 0.0491. The summed E-state index contributed by atoms with van der Waals surface area (Å²) in [5.41, 5.74) is 4.03. The molecule has 1 fully saturated rings. The summed E-state index contributed by atoms with van der Waals surface area (Å²) in [6, 6.07) is 22.4. The van der Waals surface area contributed by atoms with Crippen molar-refractivity contribution in [3.63, 3.8) is 0 Å². The number of fused-ring (bicyclic) bond motifs is 1. The third-order valence-corrected chi connectivity index (χ3v) is 6.01. The fourth-order valence-corrected chi connectivity index (χ4v) is 4.20. The van der Waals surface area contributed by atoms with E-state index in [2.05, 4.69) is 50.7 Å². The van der Waals surface area contributed by atoms with Crippen LogP contribution in [-0.4, -0.2) is 38.8 Å². The van der Waals surface area contributed by atoms with Gasteiger partial charge in [-0.1, -0.05) is 48.0 Å². The normalized spacial score (nSPS) is 15.9. The molecule has 32 heavy (non-hydrogen) atoms. The zero-order valence-electron chi connectivity index (χ0n) is 18.1. The van der Waals surface area contributed by atoms with E-state index in [1.807, 2.05) is 43.3 Å².